The standard InChI is InChI=1S/C24H27ClN8O/c1-16-22(27-6-5-26-16)31-12-24(13-31)14-32(15-24)23-29-28-21-10-30(19-4-7-34-11-19)9-17-8-18(25)2-3-20(17)33(21)23/h2-3,5-6,8,19H,4,7,9-15H2,1H3/t19-/m0/s1. The van der Waals surface area contributed by atoms with Crippen LogP contribution in [-0.2, 0) is 17.8 Å². The number of rotatable bonds is 3. The molecule has 3 fully saturated rings. The van der Waals surface area contributed by atoms with Gasteiger partial charge in [0.05, 0.1) is 24.5 Å². The first-order chi connectivity index (χ1) is 16.6. The van der Waals surface area contributed by atoms with Crippen LogP contribution in [0.3, 0.4) is 0 Å². The maximum absolute atomic E-state index is 6.41. The van der Waals surface area contributed by atoms with E-state index in [1.54, 1.807) is 12.4 Å². The smallest absolute Gasteiger partial charge is 0.231 e. The average Bonchev–Trinajstić information content (AvgIpc) is 3.41. The molecule has 4 aliphatic rings. The van der Waals surface area contributed by atoms with E-state index in [0.717, 1.165) is 92.9 Å². The van der Waals surface area contributed by atoms with E-state index in [-0.39, 0.29) is 5.41 Å². The molecule has 0 radical (unpaired) electrons. The zero-order valence-electron chi connectivity index (χ0n) is 19.2. The summed E-state index contributed by atoms with van der Waals surface area (Å²) in [5.74, 6) is 2.92. The van der Waals surface area contributed by atoms with Crippen molar-refractivity contribution in [1.82, 2.24) is 29.6 Å². The number of aryl methyl sites for hydroxylation is 1. The van der Waals surface area contributed by atoms with Gasteiger partial charge in [-0.15, -0.1) is 10.2 Å². The van der Waals surface area contributed by atoms with Crippen molar-refractivity contribution in [2.75, 3.05) is 49.2 Å². The molecule has 7 rings (SSSR count). The van der Waals surface area contributed by atoms with Gasteiger partial charge in [-0.1, -0.05) is 11.6 Å². The second kappa shape index (κ2) is 7.63. The summed E-state index contributed by atoms with van der Waals surface area (Å²) < 4.78 is 7.93. The van der Waals surface area contributed by atoms with Gasteiger partial charge < -0.3 is 14.5 Å². The number of hydrogen-bond acceptors (Lipinski definition) is 8. The second-order valence-electron chi connectivity index (χ2n) is 10.1. The SMILES string of the molecule is Cc1nccnc1N1CC2(C1)CN(c1nnc3n1-c1ccc(Cl)cc1CN([C@H]1CCOC1)C3)C2. The molecule has 0 N–H and O–H groups in total. The number of benzene rings is 1. The van der Waals surface area contributed by atoms with Gasteiger partial charge in [0, 0.05) is 68.2 Å². The van der Waals surface area contributed by atoms with Gasteiger partial charge >= 0.3 is 0 Å². The quantitative estimate of drug-likeness (QED) is 0.568. The maximum atomic E-state index is 6.41. The first kappa shape index (κ1) is 20.6. The van der Waals surface area contributed by atoms with Crippen LogP contribution in [-0.4, -0.2) is 75.1 Å². The summed E-state index contributed by atoms with van der Waals surface area (Å²) in [5, 5.41) is 10.1. The van der Waals surface area contributed by atoms with E-state index in [4.69, 9.17) is 16.3 Å². The van der Waals surface area contributed by atoms with Gasteiger partial charge in [0.2, 0.25) is 5.95 Å². The average molecular weight is 479 g/mol. The summed E-state index contributed by atoms with van der Waals surface area (Å²) in [6.07, 6.45) is 4.58. The summed E-state index contributed by atoms with van der Waals surface area (Å²) >= 11 is 6.41. The Kier molecular flexibility index (Phi) is 4.62. The van der Waals surface area contributed by atoms with Gasteiger partial charge in [-0.2, -0.15) is 0 Å². The lowest BCUT2D eigenvalue weighted by atomic mass is 9.73. The number of nitrogens with zero attached hydrogens (tertiary/aromatic N) is 8. The third-order valence-electron chi connectivity index (χ3n) is 7.68. The fourth-order valence-corrected chi connectivity index (χ4v) is 6.21. The predicted octanol–water partition coefficient (Wildman–Crippen LogP) is 2.45. The molecule has 1 spiro atoms. The number of anilines is 2. The molecule has 2 aromatic heterocycles. The fourth-order valence-electron chi connectivity index (χ4n) is 6.01. The largest absolute Gasteiger partial charge is 0.380 e. The molecule has 6 heterocycles. The molecule has 0 saturated carbocycles. The summed E-state index contributed by atoms with van der Waals surface area (Å²) in [4.78, 5) is 16.1. The molecule has 176 valence electrons. The first-order valence-corrected chi connectivity index (χ1v) is 12.3. The van der Waals surface area contributed by atoms with Crippen molar-refractivity contribution >= 4 is 23.4 Å². The van der Waals surface area contributed by atoms with Crippen LogP contribution in [0, 0.1) is 12.3 Å². The van der Waals surface area contributed by atoms with E-state index in [2.05, 4.69) is 51.6 Å². The Morgan fingerprint density at radius 2 is 1.85 bits per heavy atom. The van der Waals surface area contributed by atoms with Crippen molar-refractivity contribution in [2.45, 2.75) is 32.5 Å². The van der Waals surface area contributed by atoms with Gasteiger partial charge in [0.25, 0.3) is 0 Å². The zero-order valence-corrected chi connectivity index (χ0v) is 19.9. The highest BCUT2D eigenvalue weighted by Gasteiger charge is 2.53. The van der Waals surface area contributed by atoms with E-state index < -0.39 is 0 Å². The highest BCUT2D eigenvalue weighted by molar-refractivity contribution is 6.30. The number of aromatic nitrogens is 5. The predicted molar refractivity (Wildman–Crippen MR) is 128 cm³/mol. The van der Waals surface area contributed by atoms with Gasteiger partial charge in [-0.25, -0.2) is 4.98 Å². The maximum Gasteiger partial charge on any atom is 0.231 e. The minimum atomic E-state index is 0.289. The van der Waals surface area contributed by atoms with Crippen LogP contribution in [0.4, 0.5) is 11.8 Å². The molecule has 10 heteroatoms. The first-order valence-electron chi connectivity index (χ1n) is 11.9. The summed E-state index contributed by atoms with van der Waals surface area (Å²) in [6.45, 7) is 9.17. The topological polar surface area (TPSA) is 75.4 Å². The molecule has 1 atom stereocenters. The van der Waals surface area contributed by atoms with Crippen LogP contribution in [0.5, 0.6) is 0 Å². The monoisotopic (exact) mass is 478 g/mol. The highest BCUT2D eigenvalue weighted by Crippen LogP contribution is 2.44. The van der Waals surface area contributed by atoms with Crippen LogP contribution in [0.25, 0.3) is 5.69 Å². The Morgan fingerprint density at radius 1 is 1.03 bits per heavy atom. The summed E-state index contributed by atoms with van der Waals surface area (Å²) in [5.41, 5.74) is 3.62. The lowest BCUT2D eigenvalue weighted by Crippen LogP contribution is -2.73. The summed E-state index contributed by atoms with van der Waals surface area (Å²) in [7, 11) is 0. The molecule has 3 saturated heterocycles. The molecule has 0 unspecified atom stereocenters. The molecule has 0 bridgehead atoms. The molecule has 1 aromatic carbocycles. The van der Waals surface area contributed by atoms with Crippen LogP contribution in [0.1, 0.15) is 23.5 Å². The minimum Gasteiger partial charge on any atom is -0.380 e. The van der Waals surface area contributed by atoms with Crippen molar-refractivity contribution in [1.29, 1.82) is 0 Å². The van der Waals surface area contributed by atoms with Crippen molar-refractivity contribution < 1.29 is 4.74 Å². The molecular weight excluding hydrogens is 452 g/mol. The Morgan fingerprint density at radius 3 is 2.65 bits per heavy atom. The van der Waals surface area contributed by atoms with E-state index in [1.165, 1.54) is 5.56 Å². The van der Waals surface area contributed by atoms with Gasteiger partial charge in [-0.05, 0) is 37.1 Å². The van der Waals surface area contributed by atoms with Gasteiger partial charge in [-0.3, -0.25) is 14.5 Å². The molecule has 0 amide bonds. The van der Waals surface area contributed by atoms with Crippen LogP contribution < -0.4 is 9.80 Å². The molecule has 4 aliphatic heterocycles. The van der Waals surface area contributed by atoms with Crippen molar-refractivity contribution in [3.63, 3.8) is 0 Å². The zero-order chi connectivity index (χ0) is 22.9. The minimum absolute atomic E-state index is 0.289. The fraction of sp³-hybridized carbons (Fsp3) is 0.500. The van der Waals surface area contributed by atoms with E-state index >= 15 is 0 Å². The normalized spacial score (nSPS) is 23.3. The third kappa shape index (κ3) is 3.21. The van der Waals surface area contributed by atoms with E-state index in [1.807, 2.05) is 13.0 Å². The van der Waals surface area contributed by atoms with Crippen molar-refractivity contribution in [2.24, 2.45) is 5.41 Å². The van der Waals surface area contributed by atoms with Crippen LogP contribution in [0.15, 0.2) is 30.6 Å². The second-order valence-corrected chi connectivity index (χ2v) is 10.6. The summed E-state index contributed by atoms with van der Waals surface area (Å²) in [6, 6.07) is 6.56. The number of hydrogen-bond donors (Lipinski definition) is 0. The Hall–Kier alpha value is -2.75. The molecule has 9 nitrogen and oxygen atoms in total. The van der Waals surface area contributed by atoms with Crippen molar-refractivity contribution in [3.05, 3.63) is 52.7 Å². The van der Waals surface area contributed by atoms with E-state index in [0.29, 0.717) is 6.04 Å². The van der Waals surface area contributed by atoms with E-state index in [9.17, 15) is 0 Å². The molecular formula is C24H27ClN8O. The number of fused-ring (bicyclic) bond motifs is 3. The Labute approximate surface area is 203 Å². The van der Waals surface area contributed by atoms with Crippen LogP contribution >= 0.6 is 11.6 Å². The van der Waals surface area contributed by atoms with Crippen molar-refractivity contribution in [3.8, 4) is 5.69 Å². The lowest BCUT2D eigenvalue weighted by Gasteiger charge is -2.60. The van der Waals surface area contributed by atoms with Gasteiger partial charge in [0.15, 0.2) is 5.82 Å². The number of halogens is 1. The van der Waals surface area contributed by atoms with Crippen LogP contribution in [0.2, 0.25) is 5.02 Å². The third-order valence-corrected chi connectivity index (χ3v) is 7.91. The molecule has 34 heavy (non-hydrogen) atoms. The number of ether oxygens (including phenoxy) is 1. The molecule has 0 aliphatic carbocycles. The highest BCUT2D eigenvalue weighted by atomic mass is 35.5. The van der Waals surface area contributed by atoms with Gasteiger partial charge in [0.1, 0.15) is 5.82 Å². The Balaban J connectivity index is 1.15. The Bertz CT molecular complexity index is 1240. The lowest BCUT2D eigenvalue weighted by molar-refractivity contribution is 0.133. The molecule has 3 aromatic rings.